The molecule has 0 aliphatic heterocycles. The van der Waals surface area contributed by atoms with Gasteiger partial charge in [-0.25, -0.2) is 13.6 Å². The summed E-state index contributed by atoms with van der Waals surface area (Å²) in [4.78, 5) is 0.113. The van der Waals surface area contributed by atoms with E-state index >= 15 is 0 Å². The first-order valence-corrected chi connectivity index (χ1v) is 12.5. The Hall–Kier alpha value is -1.61. The van der Waals surface area contributed by atoms with E-state index in [1.807, 2.05) is 24.3 Å². The largest absolute Gasteiger partial charge is 0.489 e. The number of primary sulfonamides is 1. The van der Waals surface area contributed by atoms with Crippen molar-refractivity contribution in [2.24, 2.45) is 5.14 Å². The second-order valence-electron chi connectivity index (χ2n) is 6.90. The van der Waals surface area contributed by atoms with E-state index < -0.39 is 10.0 Å². The Morgan fingerprint density at radius 1 is 0.935 bits per heavy atom. The fraction of sp³-hybridized carbons (Fsp3) is 0.182. The molecule has 5 nitrogen and oxygen atoms in total. The molecule has 0 spiro atoms. The summed E-state index contributed by atoms with van der Waals surface area (Å²) in [6, 6.07) is 17.9. The van der Waals surface area contributed by atoms with Crippen molar-refractivity contribution in [1.82, 2.24) is 5.32 Å². The van der Waals surface area contributed by atoms with Gasteiger partial charge in [-0.1, -0.05) is 57.3 Å². The van der Waals surface area contributed by atoms with Crippen molar-refractivity contribution in [2.75, 3.05) is 6.54 Å². The Labute approximate surface area is 200 Å². The molecule has 0 unspecified atom stereocenters. The van der Waals surface area contributed by atoms with E-state index in [9.17, 15) is 8.42 Å². The number of ether oxygens (including phenoxy) is 1. The smallest absolute Gasteiger partial charge is 0.238 e. The SMILES string of the molecule is NS(=O)(=O)c1ccc(CCNCc2cc(Br)ccc2OCc2ccc(Cl)c(Cl)c2)cc1. The molecule has 0 bridgehead atoms. The molecular formula is C22H21BrCl2N2O3S. The van der Waals surface area contributed by atoms with Gasteiger partial charge in [0.05, 0.1) is 14.9 Å². The van der Waals surface area contributed by atoms with Gasteiger partial charge in [-0.3, -0.25) is 0 Å². The molecule has 9 heteroatoms. The van der Waals surface area contributed by atoms with Gasteiger partial charge in [0.2, 0.25) is 10.0 Å². The number of hydrogen-bond acceptors (Lipinski definition) is 4. The Morgan fingerprint density at radius 3 is 2.32 bits per heavy atom. The predicted molar refractivity (Wildman–Crippen MR) is 128 cm³/mol. The van der Waals surface area contributed by atoms with E-state index in [1.165, 1.54) is 12.1 Å². The lowest BCUT2D eigenvalue weighted by molar-refractivity contribution is 0.302. The van der Waals surface area contributed by atoms with E-state index in [0.717, 1.165) is 33.3 Å². The van der Waals surface area contributed by atoms with Gasteiger partial charge < -0.3 is 10.1 Å². The van der Waals surface area contributed by atoms with Crippen molar-refractivity contribution < 1.29 is 13.2 Å². The molecule has 0 atom stereocenters. The first kappa shape index (κ1) is 24.0. The maximum absolute atomic E-state index is 11.3. The van der Waals surface area contributed by atoms with E-state index in [-0.39, 0.29) is 4.90 Å². The lowest BCUT2D eigenvalue weighted by Gasteiger charge is -2.13. The van der Waals surface area contributed by atoms with E-state index in [0.29, 0.717) is 29.7 Å². The van der Waals surface area contributed by atoms with Crippen LogP contribution in [0.2, 0.25) is 10.0 Å². The van der Waals surface area contributed by atoms with Gasteiger partial charge in [-0.2, -0.15) is 0 Å². The van der Waals surface area contributed by atoms with Crippen LogP contribution in [0.5, 0.6) is 5.75 Å². The highest BCUT2D eigenvalue weighted by Gasteiger charge is 2.08. The van der Waals surface area contributed by atoms with Crippen molar-refractivity contribution >= 4 is 49.2 Å². The molecule has 0 fully saturated rings. The zero-order chi connectivity index (χ0) is 22.4. The van der Waals surface area contributed by atoms with Crippen LogP contribution in [0.1, 0.15) is 16.7 Å². The third-order valence-corrected chi connectivity index (χ3v) is 6.72. The summed E-state index contributed by atoms with van der Waals surface area (Å²) in [5.74, 6) is 0.777. The maximum atomic E-state index is 11.3. The minimum Gasteiger partial charge on any atom is -0.489 e. The average Bonchev–Trinajstić information content (AvgIpc) is 2.72. The minimum absolute atomic E-state index is 0.113. The van der Waals surface area contributed by atoms with Crippen LogP contribution >= 0.6 is 39.1 Å². The van der Waals surface area contributed by atoms with Crippen LogP contribution in [0.15, 0.2) is 70.0 Å². The quantitative estimate of drug-likeness (QED) is 0.358. The molecule has 0 amide bonds. The highest BCUT2D eigenvalue weighted by molar-refractivity contribution is 9.10. The van der Waals surface area contributed by atoms with Crippen LogP contribution in [-0.4, -0.2) is 15.0 Å². The molecule has 0 aromatic heterocycles. The Morgan fingerprint density at radius 2 is 1.65 bits per heavy atom. The zero-order valence-electron chi connectivity index (χ0n) is 16.4. The van der Waals surface area contributed by atoms with Gasteiger partial charge in [-0.05, 0) is 66.6 Å². The lowest BCUT2D eigenvalue weighted by Crippen LogP contribution is -2.17. The fourth-order valence-electron chi connectivity index (χ4n) is 2.92. The summed E-state index contributed by atoms with van der Waals surface area (Å²) in [6.45, 7) is 1.71. The van der Waals surface area contributed by atoms with Gasteiger partial charge in [-0.15, -0.1) is 0 Å². The number of halogens is 3. The number of nitrogens with one attached hydrogen (secondary N) is 1. The Bertz CT molecular complexity index is 1160. The number of benzene rings is 3. The normalized spacial score (nSPS) is 11.5. The van der Waals surface area contributed by atoms with E-state index in [4.69, 9.17) is 33.1 Å². The molecule has 164 valence electrons. The molecule has 0 radical (unpaired) electrons. The number of sulfonamides is 1. The number of rotatable bonds is 9. The molecule has 0 saturated carbocycles. The summed E-state index contributed by atoms with van der Waals surface area (Å²) >= 11 is 15.5. The third-order valence-electron chi connectivity index (χ3n) is 4.56. The second-order valence-corrected chi connectivity index (χ2v) is 10.2. The molecule has 3 aromatic rings. The van der Waals surface area contributed by atoms with Crippen molar-refractivity contribution in [3.05, 3.63) is 91.9 Å². The van der Waals surface area contributed by atoms with E-state index in [2.05, 4.69) is 21.2 Å². The van der Waals surface area contributed by atoms with Gasteiger partial charge >= 0.3 is 0 Å². The van der Waals surface area contributed by atoms with Gasteiger partial charge in [0, 0.05) is 16.6 Å². The van der Waals surface area contributed by atoms with Crippen LogP contribution in [-0.2, 0) is 29.6 Å². The molecule has 0 aliphatic carbocycles. The minimum atomic E-state index is -3.67. The lowest BCUT2D eigenvalue weighted by atomic mass is 10.1. The van der Waals surface area contributed by atoms with Gasteiger partial charge in [0.1, 0.15) is 12.4 Å². The van der Waals surface area contributed by atoms with Gasteiger partial charge in [0.15, 0.2) is 0 Å². The summed E-state index contributed by atoms with van der Waals surface area (Å²) in [5, 5.41) is 9.53. The summed E-state index contributed by atoms with van der Waals surface area (Å²) < 4.78 is 29.6. The van der Waals surface area contributed by atoms with E-state index in [1.54, 1.807) is 24.3 Å². The topological polar surface area (TPSA) is 81.4 Å². The highest BCUT2D eigenvalue weighted by atomic mass is 79.9. The first-order chi connectivity index (χ1) is 14.7. The molecule has 3 aromatic carbocycles. The zero-order valence-corrected chi connectivity index (χ0v) is 20.4. The Kier molecular flexibility index (Phi) is 8.38. The first-order valence-electron chi connectivity index (χ1n) is 9.40. The molecule has 0 saturated heterocycles. The van der Waals surface area contributed by atoms with Crippen molar-refractivity contribution in [3.63, 3.8) is 0 Å². The van der Waals surface area contributed by atoms with Gasteiger partial charge in [0.25, 0.3) is 0 Å². The molecule has 3 N–H and O–H groups in total. The Balaban J connectivity index is 1.56. The maximum Gasteiger partial charge on any atom is 0.238 e. The summed E-state index contributed by atoms with van der Waals surface area (Å²) in [6.07, 6.45) is 0.748. The van der Waals surface area contributed by atoms with Crippen molar-refractivity contribution in [3.8, 4) is 5.75 Å². The monoisotopic (exact) mass is 542 g/mol. The van der Waals surface area contributed by atoms with Crippen LogP contribution in [0, 0.1) is 0 Å². The molecule has 0 heterocycles. The van der Waals surface area contributed by atoms with Crippen LogP contribution < -0.4 is 15.2 Å². The molecule has 3 rings (SSSR count). The number of hydrogen-bond donors (Lipinski definition) is 2. The summed E-state index contributed by atoms with van der Waals surface area (Å²) in [5.41, 5.74) is 2.96. The third kappa shape index (κ3) is 7.20. The van der Waals surface area contributed by atoms with Crippen LogP contribution in [0.4, 0.5) is 0 Å². The summed E-state index contributed by atoms with van der Waals surface area (Å²) in [7, 11) is -3.67. The molecule has 0 aliphatic rings. The number of nitrogens with two attached hydrogens (primary N) is 1. The molecule has 31 heavy (non-hydrogen) atoms. The fourth-order valence-corrected chi connectivity index (χ4v) is 4.16. The second kappa shape index (κ2) is 10.8. The predicted octanol–water partition coefficient (Wildman–Crippen LogP) is 5.31. The van der Waals surface area contributed by atoms with Crippen molar-refractivity contribution in [2.45, 2.75) is 24.5 Å². The van der Waals surface area contributed by atoms with Crippen LogP contribution in [0.25, 0.3) is 0 Å². The average molecular weight is 544 g/mol. The van der Waals surface area contributed by atoms with Crippen LogP contribution in [0.3, 0.4) is 0 Å². The standard InChI is InChI=1S/C22H21BrCl2N2O3S/c23-18-4-8-22(30-14-16-3-7-20(24)21(25)11-16)17(12-18)13-27-10-9-15-1-5-19(6-2-15)31(26,28)29/h1-8,11-12,27H,9-10,13-14H2,(H2,26,28,29). The highest BCUT2D eigenvalue weighted by Crippen LogP contribution is 2.26. The van der Waals surface area contributed by atoms with Crippen molar-refractivity contribution in [1.29, 1.82) is 0 Å². The molecular weight excluding hydrogens is 523 g/mol.